The average molecular weight is 317 g/mol. The van der Waals surface area contributed by atoms with E-state index in [9.17, 15) is 12.8 Å². The van der Waals surface area contributed by atoms with Crippen LogP contribution in [0.1, 0.15) is 0 Å². The van der Waals surface area contributed by atoms with Gasteiger partial charge in [-0.1, -0.05) is 18.2 Å². The number of nitrogens with one attached hydrogen (secondary N) is 1. The Morgan fingerprint density at radius 1 is 1.05 bits per heavy atom. The second-order valence-corrected chi connectivity index (χ2v) is 6.24. The number of H-pyrrole nitrogens is 1. The van der Waals surface area contributed by atoms with Crippen molar-refractivity contribution >= 4 is 10.0 Å². The molecule has 3 aromatic rings. The van der Waals surface area contributed by atoms with E-state index < -0.39 is 10.0 Å². The van der Waals surface area contributed by atoms with Crippen molar-refractivity contribution in [2.75, 3.05) is 0 Å². The van der Waals surface area contributed by atoms with Gasteiger partial charge < -0.3 is 0 Å². The second kappa shape index (κ2) is 5.36. The van der Waals surface area contributed by atoms with Crippen LogP contribution in [0, 0.1) is 5.82 Å². The van der Waals surface area contributed by atoms with Crippen molar-refractivity contribution in [3.05, 3.63) is 60.4 Å². The lowest BCUT2D eigenvalue weighted by atomic mass is 10.1. The molecular formula is C15H12FN3O2S. The lowest BCUT2D eigenvalue weighted by molar-refractivity contribution is 0.598. The van der Waals surface area contributed by atoms with E-state index in [0.717, 1.165) is 5.56 Å². The molecule has 0 atom stereocenters. The van der Waals surface area contributed by atoms with Crippen LogP contribution in [0.3, 0.4) is 0 Å². The molecule has 0 aliphatic carbocycles. The van der Waals surface area contributed by atoms with Gasteiger partial charge in [0.2, 0.25) is 10.0 Å². The number of nitrogens with zero attached hydrogens (tertiary/aromatic N) is 1. The van der Waals surface area contributed by atoms with Crippen LogP contribution in [0.15, 0.2) is 59.5 Å². The molecule has 0 aliphatic rings. The molecule has 112 valence electrons. The van der Waals surface area contributed by atoms with Gasteiger partial charge in [-0.2, -0.15) is 5.10 Å². The lowest BCUT2D eigenvalue weighted by Gasteiger charge is -2.04. The summed E-state index contributed by atoms with van der Waals surface area (Å²) in [4.78, 5) is 0.0179. The fourth-order valence-corrected chi connectivity index (χ4v) is 2.92. The highest BCUT2D eigenvalue weighted by molar-refractivity contribution is 7.89. The summed E-state index contributed by atoms with van der Waals surface area (Å²) in [5, 5.41) is 12.1. The number of aromatic nitrogens is 2. The second-order valence-electron chi connectivity index (χ2n) is 4.71. The van der Waals surface area contributed by atoms with Crippen molar-refractivity contribution in [1.82, 2.24) is 10.2 Å². The molecule has 3 N–H and O–H groups in total. The van der Waals surface area contributed by atoms with Gasteiger partial charge >= 0.3 is 0 Å². The minimum atomic E-state index is -3.84. The first-order chi connectivity index (χ1) is 10.4. The van der Waals surface area contributed by atoms with E-state index in [1.54, 1.807) is 36.4 Å². The van der Waals surface area contributed by atoms with Gasteiger partial charge in [0.25, 0.3) is 0 Å². The van der Waals surface area contributed by atoms with Gasteiger partial charge in [0, 0.05) is 11.1 Å². The van der Waals surface area contributed by atoms with Crippen LogP contribution in [0.5, 0.6) is 0 Å². The molecule has 22 heavy (non-hydrogen) atoms. The smallest absolute Gasteiger partial charge is 0.238 e. The van der Waals surface area contributed by atoms with Crippen LogP contribution < -0.4 is 5.14 Å². The maximum Gasteiger partial charge on any atom is 0.238 e. The Labute approximate surface area is 126 Å². The summed E-state index contributed by atoms with van der Waals surface area (Å²) in [6.07, 6.45) is 0. The van der Waals surface area contributed by atoms with Gasteiger partial charge in [0.15, 0.2) is 0 Å². The fourth-order valence-electron chi connectivity index (χ4n) is 2.17. The maximum absolute atomic E-state index is 12.9. The van der Waals surface area contributed by atoms with Crippen molar-refractivity contribution in [3.8, 4) is 22.5 Å². The summed E-state index contributed by atoms with van der Waals surface area (Å²) in [6.45, 7) is 0. The van der Waals surface area contributed by atoms with E-state index in [0.29, 0.717) is 17.0 Å². The third-order valence-corrected chi connectivity index (χ3v) is 4.17. The number of rotatable bonds is 3. The number of nitrogens with two attached hydrogens (primary N) is 1. The van der Waals surface area contributed by atoms with Gasteiger partial charge in [0.1, 0.15) is 5.82 Å². The van der Waals surface area contributed by atoms with Gasteiger partial charge in [-0.15, -0.1) is 0 Å². The molecule has 5 nitrogen and oxygen atoms in total. The standard InChI is InChI=1S/C15H12FN3O2S/c16-11-7-5-10(6-8-11)13-9-14(19-18-13)12-3-1-2-4-15(12)22(17,20)21/h1-9H,(H,18,19)(H2,17,20,21). The summed E-state index contributed by atoms with van der Waals surface area (Å²) >= 11 is 0. The quantitative estimate of drug-likeness (QED) is 0.778. The molecule has 0 radical (unpaired) electrons. The van der Waals surface area contributed by atoms with E-state index in [1.807, 2.05) is 0 Å². The Hall–Kier alpha value is -2.51. The van der Waals surface area contributed by atoms with Crippen LogP contribution in [-0.4, -0.2) is 18.6 Å². The highest BCUT2D eigenvalue weighted by Gasteiger charge is 2.16. The Kier molecular flexibility index (Phi) is 3.51. The molecule has 2 aromatic carbocycles. The number of sulfonamides is 1. The molecule has 3 rings (SSSR count). The van der Waals surface area contributed by atoms with Crippen molar-refractivity contribution < 1.29 is 12.8 Å². The first-order valence-corrected chi connectivity index (χ1v) is 7.93. The van der Waals surface area contributed by atoms with Crippen molar-refractivity contribution in [1.29, 1.82) is 0 Å². The molecule has 0 amide bonds. The van der Waals surface area contributed by atoms with E-state index in [-0.39, 0.29) is 10.7 Å². The summed E-state index contributed by atoms with van der Waals surface area (Å²) in [7, 11) is -3.84. The zero-order valence-corrected chi connectivity index (χ0v) is 12.1. The summed E-state index contributed by atoms with van der Waals surface area (Å²) in [5.41, 5.74) is 2.26. The predicted molar refractivity (Wildman–Crippen MR) is 80.8 cm³/mol. The summed E-state index contributed by atoms with van der Waals surface area (Å²) < 4.78 is 36.2. The Morgan fingerprint density at radius 3 is 2.41 bits per heavy atom. The zero-order valence-electron chi connectivity index (χ0n) is 11.3. The van der Waals surface area contributed by atoms with Crippen LogP contribution in [0.2, 0.25) is 0 Å². The number of primary sulfonamides is 1. The van der Waals surface area contributed by atoms with E-state index in [2.05, 4.69) is 10.2 Å². The molecule has 0 bridgehead atoms. The van der Waals surface area contributed by atoms with Crippen LogP contribution >= 0.6 is 0 Å². The Balaban J connectivity index is 2.07. The minimum absolute atomic E-state index is 0.0179. The SMILES string of the molecule is NS(=O)(=O)c1ccccc1-c1cc(-c2ccc(F)cc2)n[nH]1. The Morgan fingerprint density at radius 2 is 1.73 bits per heavy atom. The first kappa shape index (κ1) is 14.4. The molecule has 0 spiro atoms. The van der Waals surface area contributed by atoms with Gasteiger partial charge in [0.05, 0.1) is 16.3 Å². The number of hydrogen-bond donors (Lipinski definition) is 2. The number of halogens is 1. The monoisotopic (exact) mass is 317 g/mol. The third kappa shape index (κ3) is 2.76. The van der Waals surface area contributed by atoms with Crippen LogP contribution in [-0.2, 0) is 10.0 Å². The lowest BCUT2D eigenvalue weighted by Crippen LogP contribution is -2.13. The topological polar surface area (TPSA) is 88.8 Å². The van der Waals surface area contributed by atoms with Crippen molar-refractivity contribution in [2.24, 2.45) is 5.14 Å². The van der Waals surface area contributed by atoms with Crippen LogP contribution in [0.25, 0.3) is 22.5 Å². The number of aromatic amines is 1. The molecular weight excluding hydrogens is 305 g/mol. The van der Waals surface area contributed by atoms with E-state index in [4.69, 9.17) is 5.14 Å². The van der Waals surface area contributed by atoms with Crippen molar-refractivity contribution in [2.45, 2.75) is 4.90 Å². The molecule has 0 unspecified atom stereocenters. The third-order valence-electron chi connectivity index (χ3n) is 3.20. The van der Waals surface area contributed by atoms with Crippen molar-refractivity contribution in [3.63, 3.8) is 0 Å². The molecule has 0 saturated heterocycles. The van der Waals surface area contributed by atoms with E-state index >= 15 is 0 Å². The molecule has 0 aliphatic heterocycles. The normalized spacial score (nSPS) is 11.5. The molecule has 0 fully saturated rings. The molecule has 1 aromatic heterocycles. The van der Waals surface area contributed by atoms with Gasteiger partial charge in [-0.05, 0) is 36.4 Å². The summed E-state index contributed by atoms with van der Waals surface area (Å²) in [6, 6.07) is 13.9. The molecule has 1 heterocycles. The van der Waals surface area contributed by atoms with E-state index in [1.165, 1.54) is 18.2 Å². The maximum atomic E-state index is 12.9. The van der Waals surface area contributed by atoms with Gasteiger partial charge in [-0.3, -0.25) is 5.10 Å². The molecule has 7 heteroatoms. The fraction of sp³-hybridized carbons (Fsp3) is 0. The highest BCUT2D eigenvalue weighted by Crippen LogP contribution is 2.28. The van der Waals surface area contributed by atoms with Crippen LogP contribution in [0.4, 0.5) is 4.39 Å². The van der Waals surface area contributed by atoms with Gasteiger partial charge in [-0.25, -0.2) is 17.9 Å². The minimum Gasteiger partial charge on any atom is -0.277 e. The number of hydrogen-bond acceptors (Lipinski definition) is 3. The summed E-state index contributed by atoms with van der Waals surface area (Å²) in [5.74, 6) is -0.334. The average Bonchev–Trinajstić information content (AvgIpc) is 2.97. The largest absolute Gasteiger partial charge is 0.277 e. The Bertz CT molecular complexity index is 918. The predicted octanol–water partition coefficient (Wildman–Crippen LogP) is 2.53. The molecule has 0 saturated carbocycles. The number of benzene rings is 2. The first-order valence-electron chi connectivity index (χ1n) is 6.39. The highest BCUT2D eigenvalue weighted by atomic mass is 32.2. The zero-order chi connectivity index (χ0) is 15.7.